The van der Waals surface area contributed by atoms with E-state index in [0.29, 0.717) is 30.8 Å². The smallest absolute Gasteiger partial charge is 0.228 e. The number of aromatic nitrogens is 2. The summed E-state index contributed by atoms with van der Waals surface area (Å²) in [7, 11) is 0. The molecule has 27 heavy (non-hydrogen) atoms. The van der Waals surface area contributed by atoms with Crippen molar-refractivity contribution in [2.24, 2.45) is 29.4 Å². The average Bonchev–Trinajstić information content (AvgIpc) is 3.05. The fourth-order valence-corrected chi connectivity index (χ4v) is 4.28. The number of carbonyl (C=O) groups excluding carboxylic acids is 1. The Morgan fingerprint density at radius 2 is 2.04 bits per heavy atom. The summed E-state index contributed by atoms with van der Waals surface area (Å²) in [5.74, 6) is 2.49. The highest BCUT2D eigenvalue weighted by Gasteiger charge is 2.35. The minimum atomic E-state index is 0.0650. The highest BCUT2D eigenvalue weighted by molar-refractivity contribution is 5.92. The van der Waals surface area contributed by atoms with E-state index in [9.17, 15) is 4.79 Å². The van der Waals surface area contributed by atoms with Gasteiger partial charge in [-0.1, -0.05) is 57.5 Å². The minimum absolute atomic E-state index is 0.0650. The highest BCUT2D eigenvalue weighted by atomic mass is 16.2. The lowest BCUT2D eigenvalue weighted by molar-refractivity contribution is -0.124. The van der Waals surface area contributed by atoms with Crippen molar-refractivity contribution in [3.8, 4) is 11.3 Å². The number of carbonyl (C=O) groups is 1. The summed E-state index contributed by atoms with van der Waals surface area (Å²) in [4.78, 5) is 13.1. The van der Waals surface area contributed by atoms with Gasteiger partial charge in [0.2, 0.25) is 5.91 Å². The first-order valence-electron chi connectivity index (χ1n) is 10.1. The second kappa shape index (κ2) is 8.70. The van der Waals surface area contributed by atoms with E-state index in [1.807, 2.05) is 41.1 Å². The predicted molar refractivity (Wildman–Crippen MR) is 110 cm³/mol. The SMILES string of the molecule is CC(C)[C@@H]1CC[C@@H](C)C[C@H]1C(=O)Nc1cc(-c2ccccc2)nn1CCN. The van der Waals surface area contributed by atoms with Crippen LogP contribution in [0.3, 0.4) is 0 Å². The maximum absolute atomic E-state index is 13.1. The average molecular weight is 369 g/mol. The maximum atomic E-state index is 13.1. The molecule has 0 aliphatic heterocycles. The second-order valence-electron chi connectivity index (χ2n) is 8.21. The Kier molecular flexibility index (Phi) is 6.32. The number of rotatable bonds is 6. The third kappa shape index (κ3) is 4.59. The molecule has 1 aromatic heterocycles. The summed E-state index contributed by atoms with van der Waals surface area (Å²) >= 11 is 0. The monoisotopic (exact) mass is 368 g/mol. The fourth-order valence-electron chi connectivity index (χ4n) is 4.28. The first-order chi connectivity index (χ1) is 13.0. The number of nitrogens with one attached hydrogen (secondary N) is 1. The molecule has 2 aromatic rings. The molecule has 3 atom stereocenters. The molecule has 3 rings (SSSR count). The molecular formula is C22H32N4O. The third-order valence-corrected chi connectivity index (χ3v) is 5.80. The standard InChI is InChI=1S/C22H32N4O/c1-15(2)18-10-9-16(3)13-19(18)22(27)24-21-14-20(25-26(21)12-11-23)17-7-5-4-6-8-17/h4-8,14-16,18-19H,9-13,23H2,1-3H3,(H,24,27)/t16-,18+,19-/m1/s1. The largest absolute Gasteiger partial charge is 0.329 e. The summed E-state index contributed by atoms with van der Waals surface area (Å²) in [6, 6.07) is 12.0. The Balaban J connectivity index is 1.83. The molecule has 1 amide bonds. The van der Waals surface area contributed by atoms with Crippen LogP contribution in [0.5, 0.6) is 0 Å². The number of hydrogen-bond donors (Lipinski definition) is 2. The van der Waals surface area contributed by atoms with Crippen LogP contribution in [0.2, 0.25) is 0 Å². The summed E-state index contributed by atoms with van der Waals surface area (Å²) in [6.07, 6.45) is 3.31. The van der Waals surface area contributed by atoms with Crippen molar-refractivity contribution in [3.63, 3.8) is 0 Å². The number of nitrogens with two attached hydrogens (primary N) is 1. The van der Waals surface area contributed by atoms with Gasteiger partial charge in [-0.25, -0.2) is 4.68 Å². The molecule has 1 heterocycles. The van der Waals surface area contributed by atoms with Crippen molar-refractivity contribution in [1.29, 1.82) is 0 Å². The summed E-state index contributed by atoms with van der Waals surface area (Å²) in [5, 5.41) is 7.83. The van der Waals surface area contributed by atoms with Crippen LogP contribution in [-0.2, 0) is 11.3 Å². The van der Waals surface area contributed by atoms with Crippen molar-refractivity contribution in [3.05, 3.63) is 36.4 Å². The summed E-state index contributed by atoms with van der Waals surface area (Å²) < 4.78 is 1.82. The Bertz CT molecular complexity index is 753. The van der Waals surface area contributed by atoms with E-state index in [1.54, 1.807) is 0 Å². The minimum Gasteiger partial charge on any atom is -0.329 e. The molecule has 1 aliphatic carbocycles. The molecule has 146 valence electrons. The highest BCUT2D eigenvalue weighted by Crippen LogP contribution is 2.38. The predicted octanol–water partition coefficient (Wildman–Crippen LogP) is 4.16. The normalized spacial score (nSPS) is 22.8. The lowest BCUT2D eigenvalue weighted by atomic mass is 9.70. The van der Waals surface area contributed by atoms with Gasteiger partial charge in [-0.05, 0) is 30.6 Å². The van der Waals surface area contributed by atoms with Crippen LogP contribution in [0.1, 0.15) is 40.0 Å². The molecule has 0 bridgehead atoms. The Hall–Kier alpha value is -2.14. The van der Waals surface area contributed by atoms with Gasteiger partial charge in [0.15, 0.2) is 0 Å². The zero-order chi connectivity index (χ0) is 19.4. The quantitative estimate of drug-likeness (QED) is 0.804. The van der Waals surface area contributed by atoms with Crippen molar-refractivity contribution in [1.82, 2.24) is 9.78 Å². The van der Waals surface area contributed by atoms with E-state index in [-0.39, 0.29) is 11.8 Å². The van der Waals surface area contributed by atoms with Crippen LogP contribution in [0.25, 0.3) is 11.3 Å². The number of hydrogen-bond acceptors (Lipinski definition) is 3. The number of benzene rings is 1. The lowest BCUT2D eigenvalue weighted by Gasteiger charge is -2.36. The Labute approximate surface area is 162 Å². The van der Waals surface area contributed by atoms with Crippen LogP contribution < -0.4 is 11.1 Å². The van der Waals surface area contributed by atoms with Gasteiger partial charge in [-0.3, -0.25) is 4.79 Å². The number of amides is 1. The first-order valence-corrected chi connectivity index (χ1v) is 10.1. The van der Waals surface area contributed by atoms with Crippen LogP contribution in [0.15, 0.2) is 36.4 Å². The lowest BCUT2D eigenvalue weighted by Crippen LogP contribution is -2.37. The van der Waals surface area contributed by atoms with E-state index < -0.39 is 0 Å². The van der Waals surface area contributed by atoms with Crippen LogP contribution in [0.4, 0.5) is 5.82 Å². The van der Waals surface area contributed by atoms with Gasteiger partial charge >= 0.3 is 0 Å². The van der Waals surface area contributed by atoms with Crippen molar-refractivity contribution < 1.29 is 4.79 Å². The van der Waals surface area contributed by atoms with Gasteiger partial charge in [0, 0.05) is 24.1 Å². The van der Waals surface area contributed by atoms with Gasteiger partial charge in [0.25, 0.3) is 0 Å². The molecular weight excluding hydrogens is 336 g/mol. The molecule has 1 aliphatic rings. The van der Waals surface area contributed by atoms with E-state index in [1.165, 1.54) is 6.42 Å². The molecule has 3 N–H and O–H groups in total. The zero-order valence-corrected chi connectivity index (χ0v) is 16.7. The van der Waals surface area contributed by atoms with E-state index in [0.717, 1.165) is 29.9 Å². The zero-order valence-electron chi connectivity index (χ0n) is 16.7. The van der Waals surface area contributed by atoms with Gasteiger partial charge in [-0.15, -0.1) is 0 Å². The topological polar surface area (TPSA) is 72.9 Å². The second-order valence-corrected chi connectivity index (χ2v) is 8.21. The van der Waals surface area contributed by atoms with Crippen molar-refractivity contribution >= 4 is 11.7 Å². The van der Waals surface area contributed by atoms with Gasteiger partial charge < -0.3 is 11.1 Å². The van der Waals surface area contributed by atoms with E-state index in [2.05, 4.69) is 31.2 Å². The maximum Gasteiger partial charge on any atom is 0.228 e. The molecule has 5 heteroatoms. The molecule has 1 saturated carbocycles. The number of nitrogens with zero attached hydrogens (tertiary/aromatic N) is 2. The summed E-state index contributed by atoms with van der Waals surface area (Å²) in [6.45, 7) is 7.77. The van der Waals surface area contributed by atoms with E-state index in [4.69, 9.17) is 5.73 Å². The molecule has 0 spiro atoms. The number of anilines is 1. The van der Waals surface area contributed by atoms with Crippen molar-refractivity contribution in [2.75, 3.05) is 11.9 Å². The molecule has 5 nitrogen and oxygen atoms in total. The first kappa shape index (κ1) is 19.6. The molecule has 1 aromatic carbocycles. The molecule has 0 saturated heterocycles. The molecule has 1 fully saturated rings. The molecule has 0 radical (unpaired) electrons. The van der Waals surface area contributed by atoms with Crippen LogP contribution in [0, 0.1) is 23.7 Å². The van der Waals surface area contributed by atoms with Crippen LogP contribution in [-0.4, -0.2) is 22.2 Å². The fraction of sp³-hybridized carbons (Fsp3) is 0.545. The van der Waals surface area contributed by atoms with Gasteiger partial charge in [-0.2, -0.15) is 5.10 Å². The van der Waals surface area contributed by atoms with Gasteiger partial charge in [0.1, 0.15) is 5.82 Å². The Morgan fingerprint density at radius 1 is 1.30 bits per heavy atom. The van der Waals surface area contributed by atoms with E-state index >= 15 is 0 Å². The van der Waals surface area contributed by atoms with Gasteiger partial charge in [0.05, 0.1) is 12.2 Å². The third-order valence-electron chi connectivity index (χ3n) is 5.80. The van der Waals surface area contributed by atoms with Crippen molar-refractivity contribution in [2.45, 2.75) is 46.6 Å². The molecule has 0 unspecified atom stereocenters. The van der Waals surface area contributed by atoms with Crippen LogP contribution >= 0.6 is 0 Å². The Morgan fingerprint density at radius 3 is 2.70 bits per heavy atom. The summed E-state index contributed by atoms with van der Waals surface area (Å²) in [5.41, 5.74) is 7.65.